The SMILES string of the molecule is CC(C)(C)[Si](C)(C)O[C@]1(C)C[C@@H](c2ccccc2)N(Cc2ccccc2)O1. The molecule has 2 atom stereocenters. The highest BCUT2D eigenvalue weighted by Gasteiger charge is 2.50. The molecule has 0 aliphatic carbocycles. The summed E-state index contributed by atoms with van der Waals surface area (Å²) in [4.78, 5) is 6.50. The van der Waals surface area contributed by atoms with Gasteiger partial charge in [-0.2, -0.15) is 5.06 Å². The van der Waals surface area contributed by atoms with Crippen molar-refractivity contribution in [3.8, 4) is 0 Å². The minimum absolute atomic E-state index is 0.147. The van der Waals surface area contributed by atoms with Gasteiger partial charge < -0.3 is 4.43 Å². The highest BCUT2D eigenvalue weighted by atomic mass is 28.4. The third-order valence-corrected chi connectivity index (χ3v) is 10.4. The summed E-state index contributed by atoms with van der Waals surface area (Å²) >= 11 is 0. The molecule has 0 bridgehead atoms. The standard InChI is InChI=1S/C23H33NO2Si/c1-22(2,3)27(5,6)26-23(4)17-21(20-15-11-8-12-16-20)24(25-23)18-19-13-9-7-10-14-19/h7-16,21H,17-18H2,1-6H3/t21-,23+/m0/s1. The topological polar surface area (TPSA) is 21.7 Å². The first-order chi connectivity index (χ1) is 12.6. The third-order valence-electron chi connectivity index (χ3n) is 5.86. The van der Waals surface area contributed by atoms with Crippen LogP contribution in [0.5, 0.6) is 0 Å². The first-order valence-corrected chi connectivity index (χ1v) is 12.8. The van der Waals surface area contributed by atoms with E-state index < -0.39 is 14.1 Å². The molecule has 0 amide bonds. The Kier molecular flexibility index (Phi) is 5.64. The number of hydrogen-bond acceptors (Lipinski definition) is 3. The average Bonchev–Trinajstić information content (AvgIpc) is 2.91. The maximum Gasteiger partial charge on any atom is 0.195 e. The molecule has 0 N–H and O–H groups in total. The van der Waals surface area contributed by atoms with Crippen LogP contribution in [0.4, 0.5) is 0 Å². The van der Waals surface area contributed by atoms with Gasteiger partial charge in [-0.05, 0) is 36.2 Å². The molecule has 1 fully saturated rings. The summed E-state index contributed by atoms with van der Waals surface area (Å²) in [5, 5.41) is 2.26. The minimum atomic E-state index is -1.95. The Morgan fingerprint density at radius 1 is 1.04 bits per heavy atom. The lowest BCUT2D eigenvalue weighted by Gasteiger charge is -2.41. The summed E-state index contributed by atoms with van der Waals surface area (Å²) in [5.41, 5.74) is 2.52. The molecule has 2 aromatic carbocycles. The minimum Gasteiger partial charge on any atom is -0.389 e. The quantitative estimate of drug-likeness (QED) is 0.565. The first kappa shape index (κ1) is 20.3. The van der Waals surface area contributed by atoms with Crippen LogP contribution < -0.4 is 0 Å². The number of benzene rings is 2. The van der Waals surface area contributed by atoms with Gasteiger partial charge in [-0.25, -0.2) is 0 Å². The molecule has 3 nitrogen and oxygen atoms in total. The molecule has 2 aromatic rings. The number of hydrogen-bond donors (Lipinski definition) is 0. The van der Waals surface area contributed by atoms with E-state index in [9.17, 15) is 0 Å². The molecular formula is C23H33NO2Si. The Bertz CT molecular complexity index is 742. The van der Waals surface area contributed by atoms with Crippen LogP contribution in [0.15, 0.2) is 60.7 Å². The predicted molar refractivity (Wildman–Crippen MR) is 114 cm³/mol. The zero-order chi connectivity index (χ0) is 19.7. The average molecular weight is 384 g/mol. The Morgan fingerprint density at radius 3 is 2.15 bits per heavy atom. The molecular weight excluding hydrogens is 350 g/mol. The fourth-order valence-corrected chi connectivity index (χ4v) is 4.93. The molecule has 0 radical (unpaired) electrons. The molecule has 1 heterocycles. The summed E-state index contributed by atoms with van der Waals surface area (Å²) in [6.07, 6.45) is 0.830. The van der Waals surface area contributed by atoms with E-state index in [-0.39, 0.29) is 11.1 Å². The van der Waals surface area contributed by atoms with Crippen LogP contribution in [0.2, 0.25) is 18.1 Å². The molecule has 4 heteroatoms. The number of hydroxylamine groups is 2. The maximum absolute atomic E-state index is 6.75. The second kappa shape index (κ2) is 7.51. The van der Waals surface area contributed by atoms with Crippen LogP contribution in [-0.2, 0) is 15.8 Å². The third kappa shape index (κ3) is 4.69. The largest absolute Gasteiger partial charge is 0.389 e. The summed E-state index contributed by atoms with van der Waals surface area (Å²) in [7, 11) is -1.95. The van der Waals surface area contributed by atoms with Gasteiger partial charge in [0.05, 0.1) is 6.04 Å². The Balaban J connectivity index is 1.86. The van der Waals surface area contributed by atoms with Gasteiger partial charge in [0.25, 0.3) is 0 Å². The maximum atomic E-state index is 6.75. The Morgan fingerprint density at radius 2 is 1.59 bits per heavy atom. The summed E-state index contributed by atoms with van der Waals surface area (Å²) in [6.45, 7) is 14.2. The van der Waals surface area contributed by atoms with Gasteiger partial charge >= 0.3 is 0 Å². The fourth-order valence-electron chi connectivity index (χ4n) is 3.42. The lowest BCUT2D eigenvalue weighted by Crippen LogP contribution is -2.48. The molecule has 1 saturated heterocycles. The fraction of sp³-hybridized carbons (Fsp3) is 0.478. The highest BCUT2D eigenvalue weighted by molar-refractivity contribution is 6.74. The van der Waals surface area contributed by atoms with Crippen molar-refractivity contribution >= 4 is 8.32 Å². The molecule has 0 saturated carbocycles. The number of rotatable bonds is 5. The van der Waals surface area contributed by atoms with Gasteiger partial charge in [-0.15, -0.1) is 0 Å². The highest BCUT2D eigenvalue weighted by Crippen LogP contribution is 2.46. The van der Waals surface area contributed by atoms with Gasteiger partial charge in [-0.3, -0.25) is 4.84 Å². The number of nitrogens with zero attached hydrogens (tertiary/aromatic N) is 1. The van der Waals surface area contributed by atoms with Crippen molar-refractivity contribution in [3.05, 3.63) is 71.8 Å². The van der Waals surface area contributed by atoms with Crippen LogP contribution >= 0.6 is 0 Å². The first-order valence-electron chi connectivity index (χ1n) is 9.84. The van der Waals surface area contributed by atoms with Crippen LogP contribution in [0.3, 0.4) is 0 Å². The van der Waals surface area contributed by atoms with Crippen molar-refractivity contribution < 1.29 is 9.26 Å². The molecule has 0 spiro atoms. The molecule has 146 valence electrons. The molecule has 0 unspecified atom stereocenters. The Labute approximate surface area is 165 Å². The Hall–Kier alpha value is -1.46. The van der Waals surface area contributed by atoms with Crippen molar-refractivity contribution in [2.45, 2.75) is 70.6 Å². The van der Waals surface area contributed by atoms with E-state index in [0.29, 0.717) is 0 Å². The van der Waals surface area contributed by atoms with Crippen molar-refractivity contribution in [3.63, 3.8) is 0 Å². The van der Waals surface area contributed by atoms with E-state index in [1.165, 1.54) is 11.1 Å². The summed E-state index contributed by atoms with van der Waals surface area (Å²) in [6, 6.07) is 21.3. The van der Waals surface area contributed by atoms with Crippen molar-refractivity contribution in [2.24, 2.45) is 0 Å². The van der Waals surface area contributed by atoms with E-state index in [1.54, 1.807) is 0 Å². The van der Waals surface area contributed by atoms with Gasteiger partial charge in [0.2, 0.25) is 0 Å². The summed E-state index contributed by atoms with van der Waals surface area (Å²) in [5.74, 6) is -0.599. The van der Waals surface area contributed by atoms with E-state index in [0.717, 1.165) is 13.0 Å². The monoisotopic (exact) mass is 383 g/mol. The lowest BCUT2D eigenvalue weighted by molar-refractivity contribution is -0.275. The van der Waals surface area contributed by atoms with Crippen LogP contribution in [0, 0.1) is 0 Å². The van der Waals surface area contributed by atoms with Crippen molar-refractivity contribution in [1.29, 1.82) is 0 Å². The van der Waals surface area contributed by atoms with Crippen molar-refractivity contribution in [2.75, 3.05) is 0 Å². The molecule has 3 rings (SSSR count). The molecule has 0 aromatic heterocycles. The molecule has 27 heavy (non-hydrogen) atoms. The second-order valence-electron chi connectivity index (χ2n) is 9.28. The van der Waals surface area contributed by atoms with Gasteiger partial charge in [0.1, 0.15) is 0 Å². The second-order valence-corrected chi connectivity index (χ2v) is 14.0. The van der Waals surface area contributed by atoms with Crippen LogP contribution in [-0.4, -0.2) is 19.2 Å². The summed E-state index contributed by atoms with van der Waals surface area (Å²) < 4.78 is 6.75. The molecule has 1 aliphatic rings. The predicted octanol–water partition coefficient (Wildman–Crippen LogP) is 6.30. The van der Waals surface area contributed by atoms with Crippen molar-refractivity contribution in [1.82, 2.24) is 5.06 Å². The zero-order valence-corrected chi connectivity index (χ0v) is 18.5. The lowest BCUT2D eigenvalue weighted by atomic mass is 10.0. The van der Waals surface area contributed by atoms with E-state index in [2.05, 4.69) is 100 Å². The van der Waals surface area contributed by atoms with Gasteiger partial charge in [-0.1, -0.05) is 81.4 Å². The van der Waals surface area contributed by atoms with Crippen LogP contribution in [0.1, 0.15) is 51.3 Å². The van der Waals surface area contributed by atoms with Gasteiger partial charge in [0.15, 0.2) is 14.1 Å². The van der Waals surface area contributed by atoms with E-state index >= 15 is 0 Å². The van der Waals surface area contributed by atoms with Gasteiger partial charge in [0, 0.05) is 13.0 Å². The molecule has 1 aliphatic heterocycles. The zero-order valence-electron chi connectivity index (χ0n) is 17.5. The smallest absolute Gasteiger partial charge is 0.195 e. The van der Waals surface area contributed by atoms with E-state index in [4.69, 9.17) is 9.26 Å². The van der Waals surface area contributed by atoms with E-state index in [1.807, 2.05) is 6.07 Å². The van der Waals surface area contributed by atoms with Crippen LogP contribution in [0.25, 0.3) is 0 Å². The normalized spacial score (nSPS) is 24.3.